The summed E-state index contributed by atoms with van der Waals surface area (Å²) in [6, 6.07) is 0. The van der Waals surface area contributed by atoms with E-state index in [1.54, 1.807) is 13.0 Å². The van der Waals surface area contributed by atoms with Gasteiger partial charge in [-0.25, -0.2) is 4.79 Å². The van der Waals surface area contributed by atoms with Gasteiger partial charge < -0.3 is 83.5 Å². The lowest BCUT2D eigenvalue weighted by Crippen LogP contribution is -2.65. The van der Waals surface area contributed by atoms with Crippen LogP contribution in [0.15, 0.2) is 23.3 Å². The van der Waals surface area contributed by atoms with E-state index in [1.807, 2.05) is 0 Å². The lowest BCUT2D eigenvalue weighted by molar-refractivity contribution is -0.367. The third-order valence-corrected chi connectivity index (χ3v) is 16.3. The number of hydrogen-bond donors (Lipinski definition) is 8. The molecule has 9 aliphatic rings. The molecule has 18 nitrogen and oxygen atoms in total. The molecule has 0 aromatic rings. The number of hydrogen-bond acceptors (Lipinski definition) is 18. The first kappa shape index (κ1) is 43.6. The van der Waals surface area contributed by atoms with Crippen molar-refractivity contribution in [1.82, 2.24) is 0 Å². The van der Waals surface area contributed by atoms with E-state index in [0.29, 0.717) is 18.4 Å². The summed E-state index contributed by atoms with van der Waals surface area (Å²) in [5.41, 5.74) is 1.64. The van der Waals surface area contributed by atoms with Gasteiger partial charge in [-0.05, 0) is 81.1 Å². The molecule has 60 heavy (non-hydrogen) atoms. The third-order valence-electron chi connectivity index (χ3n) is 16.3. The Morgan fingerprint density at radius 2 is 1.48 bits per heavy atom. The van der Waals surface area contributed by atoms with Crippen LogP contribution < -0.4 is 0 Å². The number of fused-ring (bicyclic) bond motifs is 2. The van der Waals surface area contributed by atoms with E-state index in [-0.39, 0.29) is 34.1 Å². The molecule has 18 heteroatoms. The number of aliphatic hydroxyl groups is 8. The van der Waals surface area contributed by atoms with Crippen molar-refractivity contribution in [1.29, 1.82) is 0 Å². The second-order valence-electron chi connectivity index (χ2n) is 19.2. The van der Waals surface area contributed by atoms with E-state index in [9.17, 15) is 45.6 Å². The molecular formula is C42H62O18. The van der Waals surface area contributed by atoms with Crippen LogP contribution in [0, 0.1) is 22.7 Å². The molecule has 0 aromatic carbocycles. The number of aliphatic hydroxyl groups excluding tert-OH is 8. The molecule has 5 heterocycles. The standard InChI is InChI=1S/C42H62O18/c1-18-34(59-37-32(50)30(48)28(46)24(58-37)17-54-36-31(49)29(47)27(45)23(15-43)57-36)35(52-4)33(51)38(55-18)56-21-6-9-39(2)20(14-21)5-11-41-25(39)8-10-40(3)22(7-12-42(40,41)60-41)19-13-26(44)53-16-19/h7,13,18,20-21,23-25,27-38,43,45-51H,5-6,8-12,14-17H2,1-4H3. The second-order valence-corrected chi connectivity index (χ2v) is 19.2. The number of ether oxygens (including phenoxy) is 9. The van der Waals surface area contributed by atoms with Gasteiger partial charge in [0.2, 0.25) is 0 Å². The fraction of sp³-hybridized carbons (Fsp3) is 0.881. The van der Waals surface area contributed by atoms with E-state index in [2.05, 4.69) is 19.9 Å². The monoisotopic (exact) mass is 854 g/mol. The van der Waals surface area contributed by atoms with Gasteiger partial charge in [-0.1, -0.05) is 19.9 Å². The highest BCUT2D eigenvalue weighted by Crippen LogP contribution is 2.80. The normalized spacial score (nSPS) is 54.8. The van der Waals surface area contributed by atoms with E-state index >= 15 is 0 Å². The molecule has 0 aromatic heterocycles. The lowest BCUT2D eigenvalue weighted by atomic mass is 9.44. The zero-order valence-electron chi connectivity index (χ0n) is 34.5. The number of rotatable bonds is 10. The molecule has 7 fully saturated rings. The van der Waals surface area contributed by atoms with Crippen LogP contribution in [-0.2, 0) is 47.4 Å². The van der Waals surface area contributed by atoms with Crippen molar-refractivity contribution in [3.05, 3.63) is 23.3 Å². The zero-order chi connectivity index (χ0) is 42.7. The van der Waals surface area contributed by atoms with Crippen molar-refractivity contribution in [2.75, 3.05) is 26.9 Å². The Balaban J connectivity index is 0.813. The van der Waals surface area contributed by atoms with Gasteiger partial charge in [-0.3, -0.25) is 0 Å². The summed E-state index contributed by atoms with van der Waals surface area (Å²) in [5, 5.41) is 84.1. The smallest absolute Gasteiger partial charge is 0.331 e. The predicted octanol–water partition coefficient (Wildman–Crippen LogP) is -1.16. The summed E-state index contributed by atoms with van der Waals surface area (Å²) in [6.07, 6.45) is -9.93. The highest BCUT2D eigenvalue weighted by Gasteiger charge is 2.85. The molecule has 4 aliphatic carbocycles. The number of cyclic esters (lactones) is 1. The van der Waals surface area contributed by atoms with Gasteiger partial charge >= 0.3 is 5.97 Å². The van der Waals surface area contributed by atoms with Crippen LogP contribution in [0.3, 0.4) is 0 Å². The molecule has 22 atom stereocenters. The summed E-state index contributed by atoms with van der Waals surface area (Å²) < 4.78 is 53.8. The van der Waals surface area contributed by atoms with Gasteiger partial charge in [-0.2, -0.15) is 0 Å². The molecule has 5 aliphatic heterocycles. The molecule has 2 spiro atoms. The number of epoxide rings is 1. The van der Waals surface area contributed by atoms with Gasteiger partial charge in [0.1, 0.15) is 85.0 Å². The Morgan fingerprint density at radius 1 is 0.783 bits per heavy atom. The molecule has 9 rings (SSSR count). The van der Waals surface area contributed by atoms with E-state index in [4.69, 9.17) is 42.6 Å². The summed E-state index contributed by atoms with van der Waals surface area (Å²) in [6.45, 7) is 5.58. The Morgan fingerprint density at radius 3 is 2.18 bits per heavy atom. The highest BCUT2D eigenvalue weighted by atomic mass is 16.8. The fourth-order valence-corrected chi connectivity index (χ4v) is 12.9. The minimum Gasteiger partial charge on any atom is -0.458 e. The molecule has 0 radical (unpaired) electrons. The number of methoxy groups -OCH3 is 1. The molecule has 22 unspecified atom stereocenters. The topological polar surface area (TPSA) is 265 Å². The van der Waals surface area contributed by atoms with E-state index < -0.39 is 105 Å². The maximum Gasteiger partial charge on any atom is 0.331 e. The van der Waals surface area contributed by atoms with Crippen molar-refractivity contribution in [3.8, 4) is 0 Å². The number of esters is 1. The first-order valence-corrected chi connectivity index (χ1v) is 21.6. The minimum atomic E-state index is -1.76. The van der Waals surface area contributed by atoms with Crippen LogP contribution in [0.1, 0.15) is 72.1 Å². The average Bonchev–Trinajstić information content (AvgIpc) is 3.54. The summed E-state index contributed by atoms with van der Waals surface area (Å²) in [4.78, 5) is 12.0. The van der Waals surface area contributed by atoms with Crippen LogP contribution >= 0.6 is 0 Å². The average molecular weight is 855 g/mol. The fourth-order valence-electron chi connectivity index (χ4n) is 12.9. The summed E-state index contributed by atoms with van der Waals surface area (Å²) >= 11 is 0. The number of carbonyl (C=O) groups excluding carboxylic acids is 1. The quantitative estimate of drug-likeness (QED) is 0.0732. The Bertz CT molecular complexity index is 1690. The van der Waals surface area contributed by atoms with Gasteiger partial charge in [0, 0.05) is 24.2 Å². The van der Waals surface area contributed by atoms with Crippen LogP contribution in [0.4, 0.5) is 0 Å². The molecular weight excluding hydrogens is 792 g/mol. The maximum absolute atomic E-state index is 12.0. The third kappa shape index (κ3) is 6.54. The van der Waals surface area contributed by atoms with Crippen molar-refractivity contribution in [2.24, 2.45) is 22.7 Å². The Kier molecular flexibility index (Phi) is 11.5. The Hall–Kier alpha value is -1.69. The Labute approximate surface area is 348 Å². The van der Waals surface area contributed by atoms with Crippen LogP contribution in [0.5, 0.6) is 0 Å². The van der Waals surface area contributed by atoms with Crippen molar-refractivity contribution in [2.45, 2.75) is 182 Å². The molecule has 4 saturated heterocycles. The van der Waals surface area contributed by atoms with E-state index in [0.717, 1.165) is 56.9 Å². The van der Waals surface area contributed by atoms with Gasteiger partial charge in [0.25, 0.3) is 0 Å². The number of carbonyl (C=O) groups is 1. The van der Waals surface area contributed by atoms with Crippen molar-refractivity contribution >= 4 is 5.97 Å². The van der Waals surface area contributed by atoms with E-state index in [1.165, 1.54) is 12.7 Å². The van der Waals surface area contributed by atoms with Crippen molar-refractivity contribution in [3.63, 3.8) is 0 Å². The molecule has 8 N–H and O–H groups in total. The minimum absolute atomic E-state index is 0.0431. The van der Waals surface area contributed by atoms with Gasteiger partial charge in [0.05, 0.1) is 25.4 Å². The van der Waals surface area contributed by atoms with Gasteiger partial charge in [0.15, 0.2) is 18.9 Å². The zero-order valence-corrected chi connectivity index (χ0v) is 34.5. The highest BCUT2D eigenvalue weighted by molar-refractivity contribution is 5.87. The SMILES string of the molecule is COC1C(O)C(OC2CCC3(C)C(CCC45OC46CC=C(C4=CC(=O)OC4)C6(C)CCC35)C2)OC(C)C1OC1OC(COC2OC(CO)C(O)C(O)C2O)C(O)C(O)C1O. The molecule has 0 bridgehead atoms. The predicted molar refractivity (Wildman–Crippen MR) is 201 cm³/mol. The first-order valence-electron chi connectivity index (χ1n) is 21.6. The van der Waals surface area contributed by atoms with Gasteiger partial charge in [-0.15, -0.1) is 0 Å². The second kappa shape index (κ2) is 15.8. The van der Waals surface area contributed by atoms with Crippen LogP contribution in [0.25, 0.3) is 0 Å². The lowest BCUT2D eigenvalue weighted by Gasteiger charge is -2.58. The molecule has 0 amide bonds. The largest absolute Gasteiger partial charge is 0.458 e. The molecule has 338 valence electrons. The molecule has 3 saturated carbocycles. The van der Waals surface area contributed by atoms with Crippen LogP contribution in [0.2, 0.25) is 0 Å². The summed E-state index contributed by atoms with van der Waals surface area (Å²) in [7, 11) is 1.40. The van der Waals surface area contributed by atoms with Crippen LogP contribution in [-0.4, -0.2) is 183 Å². The first-order chi connectivity index (χ1) is 28.5. The summed E-state index contributed by atoms with van der Waals surface area (Å²) in [5.74, 6) is 0.498. The maximum atomic E-state index is 12.0. The van der Waals surface area contributed by atoms with Crippen molar-refractivity contribution < 1.29 is 88.3 Å².